The van der Waals surface area contributed by atoms with Crippen molar-refractivity contribution in [1.29, 1.82) is 0 Å². The predicted octanol–water partition coefficient (Wildman–Crippen LogP) is 16.6. The van der Waals surface area contributed by atoms with Crippen molar-refractivity contribution in [3.8, 4) is 0 Å². The second kappa shape index (κ2) is 59.2. The molecule has 548 valence electrons. The molecule has 7 rings (SSSR count). The first-order chi connectivity index (χ1) is 43.2. The molecule has 14 heteroatoms. The molecule has 1 amide bonds. The Labute approximate surface area is 572 Å². The van der Waals surface area contributed by atoms with Gasteiger partial charge in [0.2, 0.25) is 5.91 Å². The van der Waals surface area contributed by atoms with Gasteiger partial charge in [0.05, 0.1) is 37.6 Å². The maximum absolute atomic E-state index is 11.7. The van der Waals surface area contributed by atoms with Crippen molar-refractivity contribution in [1.82, 2.24) is 29.4 Å². The lowest BCUT2D eigenvalue weighted by Gasteiger charge is -2.38. The Kier molecular flexibility index (Phi) is 59.3. The predicted molar refractivity (Wildman–Crippen MR) is 393 cm³/mol. The number of ketones is 3. The standard InChI is InChI=1S/C12H23NO.C11H22N2O.C10H21NO.C10H18O2.C9H19NO.C9H18O.C8H17N.C8H16O.CH4/c1-11(2)10-12(14)6-9-13-7-4-3-5-8-13;1-10(2)4-5-11(14)13-8-6-12(3)7-9-13;1-10(2)12-9-8-11-6-4-3-5-7-11;1-8(2)6-9(11)7-10-4-3-5-12-10;1-9(2)11-8-7-10-5-3-4-6-10;1-8(2)7-10-9-5-3-4-6-9;1-7(2)8(3)9-5-4-6-9;1-4-5-8(9)6-7(2)3;/h11H,3-10H2,1-2H3;10H,4-9H2,1-3H3;10H,3-9H2,1-2H3;8,10H,3-7H2,1-2H3;9H,3-8H2,1-2H3;8-9H,3-7H2,1-2H3;7-8H,4-6H2,1-3H3;7H,4-6H2,1-3H3;1H4. The highest BCUT2D eigenvalue weighted by atomic mass is 16.5. The average Bonchev–Trinajstić information content (AvgIpc) is 1.74. The minimum atomic E-state index is 0. The molecule has 2 atom stereocenters. The van der Waals surface area contributed by atoms with E-state index in [1.807, 2.05) is 11.8 Å². The smallest absolute Gasteiger partial charge is 0.222 e. The molecular weight excluding hydrogens is 1150 g/mol. The van der Waals surface area contributed by atoms with Gasteiger partial charge in [-0.25, -0.2) is 0 Å². The van der Waals surface area contributed by atoms with Gasteiger partial charge in [-0.15, -0.1) is 0 Å². The molecule has 0 N–H and O–H groups in total. The topological polar surface area (TPSA) is 125 Å². The second-order valence-corrected chi connectivity index (χ2v) is 30.6. The number of likely N-dealkylation sites (N-methyl/N-ethyl adjacent to an activating group) is 1. The van der Waals surface area contributed by atoms with Crippen LogP contribution < -0.4 is 0 Å². The molecule has 1 aliphatic carbocycles. The quantitative estimate of drug-likeness (QED) is 0.0706. The Balaban J connectivity index is 0. The molecule has 2 unspecified atom stereocenters. The number of hydrogen-bond acceptors (Lipinski definition) is 13. The van der Waals surface area contributed by atoms with Gasteiger partial charge in [-0.1, -0.05) is 123 Å². The van der Waals surface area contributed by atoms with E-state index < -0.39 is 0 Å². The van der Waals surface area contributed by atoms with Gasteiger partial charge >= 0.3 is 0 Å². The summed E-state index contributed by atoms with van der Waals surface area (Å²) in [5.41, 5.74) is 0. The third-order valence-electron chi connectivity index (χ3n) is 17.6. The van der Waals surface area contributed by atoms with Crippen LogP contribution in [0.2, 0.25) is 0 Å². The fraction of sp³-hybridized carbons (Fsp3) is 0.949. The van der Waals surface area contributed by atoms with Crippen LogP contribution in [0.3, 0.4) is 0 Å². The summed E-state index contributed by atoms with van der Waals surface area (Å²) in [5.74, 6) is 5.23. The number of likely N-dealkylation sites (tertiary alicyclic amines) is 4. The third kappa shape index (κ3) is 56.2. The zero-order valence-electron chi connectivity index (χ0n) is 63.7. The van der Waals surface area contributed by atoms with Crippen LogP contribution in [0, 0.1) is 35.5 Å². The van der Waals surface area contributed by atoms with E-state index in [-0.39, 0.29) is 13.5 Å². The molecule has 0 aromatic rings. The van der Waals surface area contributed by atoms with Crippen molar-refractivity contribution in [2.75, 3.05) is 132 Å². The van der Waals surface area contributed by atoms with E-state index in [2.05, 4.69) is 149 Å². The van der Waals surface area contributed by atoms with E-state index >= 15 is 0 Å². The van der Waals surface area contributed by atoms with Crippen molar-refractivity contribution in [2.24, 2.45) is 35.5 Å². The highest BCUT2D eigenvalue weighted by Crippen LogP contribution is 2.22. The number of Topliss-reactive ketones (excluding diaryl/α,β-unsaturated/α-hetero) is 3. The molecular formula is C78H158N6O8. The highest BCUT2D eigenvalue weighted by Gasteiger charge is 2.23. The maximum atomic E-state index is 11.7. The van der Waals surface area contributed by atoms with E-state index in [1.165, 1.54) is 136 Å². The van der Waals surface area contributed by atoms with Gasteiger partial charge in [-0.2, -0.15) is 0 Å². The van der Waals surface area contributed by atoms with Gasteiger partial charge in [0, 0.05) is 110 Å². The summed E-state index contributed by atoms with van der Waals surface area (Å²) in [6.07, 6.45) is 28.6. The van der Waals surface area contributed by atoms with Gasteiger partial charge in [0.25, 0.3) is 0 Å². The summed E-state index contributed by atoms with van der Waals surface area (Å²) in [6, 6.07) is 0.804. The normalized spacial score (nSPS) is 19.4. The maximum Gasteiger partial charge on any atom is 0.222 e. The first kappa shape index (κ1) is 92.2. The Morgan fingerprint density at radius 2 is 0.902 bits per heavy atom. The molecule has 0 bridgehead atoms. The number of carbonyl (C=O) groups excluding carboxylic acids is 4. The van der Waals surface area contributed by atoms with E-state index in [1.54, 1.807) is 0 Å². The highest BCUT2D eigenvalue weighted by molar-refractivity contribution is 5.79. The second-order valence-electron chi connectivity index (χ2n) is 30.6. The molecule has 6 aliphatic heterocycles. The number of amides is 1. The van der Waals surface area contributed by atoms with Crippen molar-refractivity contribution >= 4 is 23.3 Å². The molecule has 92 heavy (non-hydrogen) atoms. The summed E-state index contributed by atoms with van der Waals surface area (Å²) < 4.78 is 22.0. The molecule has 7 fully saturated rings. The van der Waals surface area contributed by atoms with Gasteiger partial charge in [-0.3, -0.25) is 19.2 Å². The Morgan fingerprint density at radius 3 is 1.27 bits per heavy atom. The molecule has 6 saturated heterocycles. The van der Waals surface area contributed by atoms with Crippen LogP contribution in [0.25, 0.3) is 0 Å². The van der Waals surface area contributed by atoms with Gasteiger partial charge < -0.3 is 48.3 Å². The molecule has 0 aromatic heterocycles. The number of piperidine rings is 2. The van der Waals surface area contributed by atoms with E-state index in [9.17, 15) is 19.2 Å². The third-order valence-corrected chi connectivity index (χ3v) is 17.6. The Bertz CT molecular complexity index is 1690. The molecule has 6 heterocycles. The monoisotopic (exact) mass is 1310 g/mol. The van der Waals surface area contributed by atoms with Crippen molar-refractivity contribution in [3.63, 3.8) is 0 Å². The minimum Gasteiger partial charge on any atom is -0.378 e. The van der Waals surface area contributed by atoms with Crippen molar-refractivity contribution < 1.29 is 38.1 Å². The van der Waals surface area contributed by atoms with E-state index in [0.29, 0.717) is 84.0 Å². The summed E-state index contributed by atoms with van der Waals surface area (Å²) in [7, 11) is 2.11. The van der Waals surface area contributed by atoms with Crippen LogP contribution in [-0.2, 0) is 38.1 Å². The molecule has 1 saturated carbocycles. The lowest BCUT2D eigenvalue weighted by atomic mass is 10.0. The van der Waals surface area contributed by atoms with E-state index in [4.69, 9.17) is 18.9 Å². The SMILES string of the molecule is C.CC(C)C(C)N1CCC1.CC(C)CC(=O)CC1CCCO1.CC(C)CC(=O)CCN1CCCCC1.CC(C)CCC(=O)N1CCN(C)CC1.CC(C)COC1CCCC1.CC(C)OCCN1CCCC1.CC(C)OCCN1CCCCC1.CCCC(=O)CC(C)C. The Hall–Kier alpha value is -1.88. The van der Waals surface area contributed by atoms with Crippen LogP contribution in [0.15, 0.2) is 0 Å². The Morgan fingerprint density at radius 1 is 0.457 bits per heavy atom. The van der Waals surface area contributed by atoms with Crippen molar-refractivity contribution in [3.05, 3.63) is 0 Å². The number of hydrogen-bond donors (Lipinski definition) is 0. The lowest BCUT2D eigenvalue weighted by molar-refractivity contribution is -0.133. The zero-order chi connectivity index (χ0) is 68.4. The fourth-order valence-electron chi connectivity index (χ4n) is 11.7. The zero-order valence-corrected chi connectivity index (χ0v) is 63.7. The largest absolute Gasteiger partial charge is 0.378 e. The van der Waals surface area contributed by atoms with Gasteiger partial charge in [0.1, 0.15) is 17.3 Å². The molecule has 0 radical (unpaired) electrons. The van der Waals surface area contributed by atoms with Gasteiger partial charge in [0.15, 0.2) is 0 Å². The van der Waals surface area contributed by atoms with Gasteiger partial charge in [-0.05, 0) is 213 Å². The number of piperazine rings is 1. The number of ether oxygens (including phenoxy) is 4. The van der Waals surface area contributed by atoms with Crippen LogP contribution in [0.1, 0.15) is 286 Å². The van der Waals surface area contributed by atoms with Crippen molar-refractivity contribution in [2.45, 2.75) is 317 Å². The first-order valence-electron chi connectivity index (χ1n) is 38.1. The summed E-state index contributed by atoms with van der Waals surface area (Å²) >= 11 is 0. The van der Waals surface area contributed by atoms with Crippen LogP contribution in [0.5, 0.6) is 0 Å². The average molecular weight is 1310 g/mol. The van der Waals surface area contributed by atoms with Crippen LogP contribution in [-0.4, -0.2) is 215 Å². The summed E-state index contributed by atoms with van der Waals surface area (Å²) in [4.78, 5) is 59.6. The fourth-order valence-corrected chi connectivity index (χ4v) is 11.7. The minimum absolute atomic E-state index is 0. The van der Waals surface area contributed by atoms with E-state index in [0.717, 1.165) is 142 Å². The molecule has 7 aliphatic rings. The lowest BCUT2D eigenvalue weighted by Crippen LogP contribution is -2.47. The molecule has 14 nitrogen and oxygen atoms in total. The number of nitrogens with zero attached hydrogens (tertiary/aromatic N) is 6. The number of carbonyl (C=O) groups is 4. The molecule has 0 spiro atoms. The summed E-state index contributed by atoms with van der Waals surface area (Å²) in [6.45, 7) is 59.5. The first-order valence-corrected chi connectivity index (χ1v) is 38.1. The van der Waals surface area contributed by atoms with Crippen LogP contribution in [0.4, 0.5) is 0 Å². The molecule has 0 aromatic carbocycles. The van der Waals surface area contributed by atoms with Crippen LogP contribution >= 0.6 is 0 Å². The summed E-state index contributed by atoms with van der Waals surface area (Å²) in [5, 5.41) is 0. The number of rotatable bonds is 29.